The van der Waals surface area contributed by atoms with Gasteiger partial charge in [-0.15, -0.1) is 0 Å². The lowest BCUT2D eigenvalue weighted by molar-refractivity contribution is 0.297. The number of benzene rings is 1. The number of pyridine rings is 1. The van der Waals surface area contributed by atoms with E-state index in [1.165, 1.54) is 0 Å². The zero-order valence-corrected chi connectivity index (χ0v) is 11.2. The lowest BCUT2D eigenvalue weighted by Crippen LogP contribution is -2.05. The van der Waals surface area contributed by atoms with E-state index in [9.17, 15) is 0 Å². The fourth-order valence-electron chi connectivity index (χ4n) is 1.70. The van der Waals surface area contributed by atoms with E-state index < -0.39 is 0 Å². The molecule has 1 aromatic heterocycles. The molecule has 0 bridgehead atoms. The van der Waals surface area contributed by atoms with Gasteiger partial charge >= 0.3 is 0 Å². The second-order valence-electron chi connectivity index (χ2n) is 4.32. The van der Waals surface area contributed by atoms with Crippen LogP contribution in [0.1, 0.15) is 24.2 Å². The summed E-state index contributed by atoms with van der Waals surface area (Å²) in [5.74, 6) is 1.38. The molecule has 2 rings (SSSR count). The van der Waals surface area contributed by atoms with Gasteiger partial charge in [0, 0.05) is 12.1 Å². The molecule has 0 radical (unpaired) electrons. The number of ether oxygens (including phenoxy) is 2. The largest absolute Gasteiger partial charge is 0.487 e. The second-order valence-corrected chi connectivity index (χ2v) is 4.32. The number of nitrogens with two attached hydrogens (primary N) is 1. The summed E-state index contributed by atoms with van der Waals surface area (Å²) in [6.45, 7) is 2.35. The number of methoxy groups -OCH3 is 1. The Kier molecular flexibility index (Phi) is 4.36. The molecule has 0 saturated carbocycles. The zero-order chi connectivity index (χ0) is 13.7. The molecule has 1 aromatic carbocycles. The minimum absolute atomic E-state index is 0.00139. The van der Waals surface area contributed by atoms with Crippen molar-refractivity contribution in [2.24, 2.45) is 5.73 Å². The van der Waals surface area contributed by atoms with Gasteiger partial charge in [0.05, 0.1) is 12.8 Å². The van der Waals surface area contributed by atoms with E-state index in [1.54, 1.807) is 13.2 Å². The van der Waals surface area contributed by atoms with Crippen LogP contribution in [0.25, 0.3) is 0 Å². The normalized spacial score (nSPS) is 11.9. The lowest BCUT2D eigenvalue weighted by Gasteiger charge is -2.10. The van der Waals surface area contributed by atoms with Crippen LogP contribution in [0.15, 0.2) is 42.5 Å². The molecule has 100 valence electrons. The average Bonchev–Trinajstić information content (AvgIpc) is 2.45. The number of hydrogen-bond acceptors (Lipinski definition) is 4. The Morgan fingerprint density at radius 3 is 2.74 bits per heavy atom. The molecule has 0 aliphatic carbocycles. The van der Waals surface area contributed by atoms with Crippen LogP contribution in [0.3, 0.4) is 0 Å². The first-order valence-corrected chi connectivity index (χ1v) is 6.17. The van der Waals surface area contributed by atoms with Crippen molar-refractivity contribution in [3.8, 4) is 11.6 Å². The minimum Gasteiger partial charge on any atom is -0.487 e. The topological polar surface area (TPSA) is 57.4 Å². The van der Waals surface area contributed by atoms with Gasteiger partial charge in [0.15, 0.2) is 0 Å². The third-order valence-electron chi connectivity index (χ3n) is 2.76. The van der Waals surface area contributed by atoms with Gasteiger partial charge in [-0.1, -0.05) is 18.2 Å². The van der Waals surface area contributed by atoms with Crippen LogP contribution < -0.4 is 15.2 Å². The molecule has 4 heteroatoms. The second kappa shape index (κ2) is 6.20. The van der Waals surface area contributed by atoms with E-state index in [2.05, 4.69) is 4.98 Å². The summed E-state index contributed by atoms with van der Waals surface area (Å²) in [6, 6.07) is 13.4. The van der Waals surface area contributed by atoms with Crippen molar-refractivity contribution < 1.29 is 9.47 Å². The maximum atomic E-state index is 5.84. The summed E-state index contributed by atoms with van der Waals surface area (Å²) < 4.78 is 10.8. The standard InChI is InChI=1S/C15H18N2O2/c1-11(16)12-5-3-7-14(9-12)19-10-13-6-4-8-15(17-13)18-2/h3-9,11H,10,16H2,1-2H3/t11-/m1/s1. The van der Waals surface area contributed by atoms with E-state index in [1.807, 2.05) is 43.3 Å². The molecular formula is C15H18N2O2. The molecule has 0 fully saturated rings. The highest BCUT2D eigenvalue weighted by Crippen LogP contribution is 2.18. The Morgan fingerprint density at radius 2 is 2.00 bits per heavy atom. The van der Waals surface area contributed by atoms with Gasteiger partial charge in [0.25, 0.3) is 0 Å². The maximum Gasteiger partial charge on any atom is 0.213 e. The van der Waals surface area contributed by atoms with Crippen LogP contribution >= 0.6 is 0 Å². The Labute approximate surface area is 113 Å². The van der Waals surface area contributed by atoms with Crippen molar-refractivity contribution in [2.75, 3.05) is 7.11 Å². The number of aromatic nitrogens is 1. The lowest BCUT2D eigenvalue weighted by atomic mass is 10.1. The Bertz CT molecular complexity index is 541. The fourth-order valence-corrected chi connectivity index (χ4v) is 1.70. The van der Waals surface area contributed by atoms with E-state index >= 15 is 0 Å². The van der Waals surface area contributed by atoms with Crippen LogP contribution in [0, 0.1) is 0 Å². The van der Waals surface area contributed by atoms with Gasteiger partial charge in [-0.05, 0) is 30.7 Å². The first-order chi connectivity index (χ1) is 9.19. The first kappa shape index (κ1) is 13.4. The Morgan fingerprint density at radius 1 is 1.21 bits per heavy atom. The third-order valence-corrected chi connectivity index (χ3v) is 2.76. The summed E-state index contributed by atoms with van der Waals surface area (Å²) in [5.41, 5.74) is 7.72. The molecule has 0 aliphatic rings. The SMILES string of the molecule is COc1cccc(COc2cccc([C@@H](C)N)c2)n1. The molecule has 0 amide bonds. The van der Waals surface area contributed by atoms with Crippen molar-refractivity contribution in [2.45, 2.75) is 19.6 Å². The van der Waals surface area contributed by atoms with Crippen molar-refractivity contribution in [3.05, 3.63) is 53.7 Å². The molecule has 2 N–H and O–H groups in total. The molecule has 2 aromatic rings. The quantitative estimate of drug-likeness (QED) is 0.895. The van der Waals surface area contributed by atoms with Gasteiger partial charge in [-0.3, -0.25) is 0 Å². The Balaban J connectivity index is 2.03. The molecule has 1 atom stereocenters. The zero-order valence-electron chi connectivity index (χ0n) is 11.2. The predicted molar refractivity (Wildman–Crippen MR) is 74.2 cm³/mol. The van der Waals surface area contributed by atoms with Crippen molar-refractivity contribution in [3.63, 3.8) is 0 Å². The van der Waals surface area contributed by atoms with Crippen LogP contribution in [0.2, 0.25) is 0 Å². The maximum absolute atomic E-state index is 5.84. The summed E-state index contributed by atoms with van der Waals surface area (Å²) in [7, 11) is 1.60. The van der Waals surface area contributed by atoms with E-state index in [0.717, 1.165) is 17.0 Å². The number of hydrogen-bond donors (Lipinski definition) is 1. The molecule has 0 aliphatic heterocycles. The average molecular weight is 258 g/mol. The minimum atomic E-state index is -0.00139. The van der Waals surface area contributed by atoms with E-state index in [-0.39, 0.29) is 6.04 Å². The molecule has 4 nitrogen and oxygen atoms in total. The van der Waals surface area contributed by atoms with Crippen molar-refractivity contribution in [1.82, 2.24) is 4.98 Å². The monoisotopic (exact) mass is 258 g/mol. The molecule has 0 unspecified atom stereocenters. The summed E-state index contributed by atoms with van der Waals surface area (Å²) in [5, 5.41) is 0. The van der Waals surface area contributed by atoms with Gasteiger partial charge < -0.3 is 15.2 Å². The molecule has 0 spiro atoms. The van der Waals surface area contributed by atoms with Crippen LogP contribution in [0.5, 0.6) is 11.6 Å². The highest BCUT2D eigenvalue weighted by atomic mass is 16.5. The van der Waals surface area contributed by atoms with E-state index in [4.69, 9.17) is 15.2 Å². The fraction of sp³-hybridized carbons (Fsp3) is 0.267. The van der Waals surface area contributed by atoms with E-state index in [0.29, 0.717) is 12.5 Å². The highest BCUT2D eigenvalue weighted by Gasteiger charge is 2.03. The molecular weight excluding hydrogens is 240 g/mol. The summed E-state index contributed by atoms with van der Waals surface area (Å²) in [6.07, 6.45) is 0. The van der Waals surface area contributed by atoms with Crippen LogP contribution in [0.4, 0.5) is 0 Å². The highest BCUT2D eigenvalue weighted by molar-refractivity contribution is 5.30. The molecule has 19 heavy (non-hydrogen) atoms. The van der Waals surface area contributed by atoms with Crippen LogP contribution in [-0.4, -0.2) is 12.1 Å². The Hall–Kier alpha value is -2.07. The van der Waals surface area contributed by atoms with Crippen LogP contribution in [-0.2, 0) is 6.61 Å². The summed E-state index contributed by atoms with van der Waals surface area (Å²) in [4.78, 5) is 4.29. The first-order valence-electron chi connectivity index (χ1n) is 6.17. The summed E-state index contributed by atoms with van der Waals surface area (Å²) >= 11 is 0. The van der Waals surface area contributed by atoms with Gasteiger partial charge in [0.1, 0.15) is 12.4 Å². The van der Waals surface area contributed by atoms with Crippen molar-refractivity contribution >= 4 is 0 Å². The molecule has 1 heterocycles. The smallest absolute Gasteiger partial charge is 0.213 e. The van der Waals surface area contributed by atoms with Gasteiger partial charge in [0.2, 0.25) is 5.88 Å². The molecule has 0 saturated heterocycles. The number of nitrogens with zero attached hydrogens (tertiary/aromatic N) is 1. The van der Waals surface area contributed by atoms with Gasteiger partial charge in [-0.2, -0.15) is 0 Å². The van der Waals surface area contributed by atoms with Gasteiger partial charge in [-0.25, -0.2) is 4.98 Å². The van der Waals surface area contributed by atoms with Crippen molar-refractivity contribution in [1.29, 1.82) is 0 Å². The number of rotatable bonds is 5. The predicted octanol–water partition coefficient (Wildman–Crippen LogP) is 2.69. The third kappa shape index (κ3) is 3.69.